The van der Waals surface area contributed by atoms with Crippen molar-refractivity contribution in [3.05, 3.63) is 0 Å². The SMILES string of the molecule is CC(C)CCCCCCCOC(=O)CCN(CCCCC(=O)O)CCC(=O)OCCCCCCCC(C)C. The zero-order chi connectivity index (χ0) is 28.4. The van der Waals surface area contributed by atoms with Crippen LogP contribution in [0, 0.1) is 11.8 Å². The Morgan fingerprint density at radius 3 is 1.39 bits per heavy atom. The molecule has 7 nitrogen and oxygen atoms in total. The van der Waals surface area contributed by atoms with Crippen LogP contribution in [0.3, 0.4) is 0 Å². The van der Waals surface area contributed by atoms with Crippen molar-refractivity contribution in [1.82, 2.24) is 4.90 Å². The summed E-state index contributed by atoms with van der Waals surface area (Å²) < 4.78 is 10.8. The van der Waals surface area contributed by atoms with Crippen LogP contribution in [0.1, 0.15) is 137 Å². The first-order chi connectivity index (χ1) is 18.2. The van der Waals surface area contributed by atoms with Crippen molar-refractivity contribution in [2.45, 2.75) is 137 Å². The van der Waals surface area contributed by atoms with E-state index in [-0.39, 0.29) is 31.2 Å². The molecular formula is C31H59NO6. The molecule has 38 heavy (non-hydrogen) atoms. The van der Waals surface area contributed by atoms with Gasteiger partial charge in [-0.2, -0.15) is 0 Å². The molecule has 0 fully saturated rings. The summed E-state index contributed by atoms with van der Waals surface area (Å²) in [7, 11) is 0. The van der Waals surface area contributed by atoms with Gasteiger partial charge in [-0.1, -0.05) is 91.9 Å². The van der Waals surface area contributed by atoms with Crippen molar-refractivity contribution >= 4 is 17.9 Å². The quantitative estimate of drug-likeness (QED) is 0.0855. The molecule has 0 rings (SSSR count). The molecule has 0 aliphatic heterocycles. The third kappa shape index (κ3) is 27.4. The Morgan fingerprint density at radius 1 is 0.553 bits per heavy atom. The molecule has 0 saturated heterocycles. The summed E-state index contributed by atoms with van der Waals surface area (Å²) in [4.78, 5) is 37.2. The van der Waals surface area contributed by atoms with E-state index in [2.05, 4.69) is 27.7 Å². The highest BCUT2D eigenvalue weighted by Crippen LogP contribution is 2.12. The number of carboxylic acids is 1. The minimum atomic E-state index is -0.802. The van der Waals surface area contributed by atoms with Crippen molar-refractivity contribution < 1.29 is 29.0 Å². The number of ether oxygens (including phenoxy) is 2. The lowest BCUT2D eigenvalue weighted by Crippen LogP contribution is -2.30. The molecule has 0 atom stereocenters. The van der Waals surface area contributed by atoms with Gasteiger partial charge in [0.25, 0.3) is 0 Å². The fraction of sp³-hybridized carbons (Fsp3) is 0.903. The lowest BCUT2D eigenvalue weighted by Gasteiger charge is -2.21. The van der Waals surface area contributed by atoms with Gasteiger partial charge in [0.2, 0.25) is 0 Å². The third-order valence-electron chi connectivity index (χ3n) is 6.76. The van der Waals surface area contributed by atoms with Crippen LogP contribution in [0.2, 0.25) is 0 Å². The molecule has 7 heteroatoms. The lowest BCUT2D eigenvalue weighted by molar-refractivity contribution is -0.144. The van der Waals surface area contributed by atoms with Crippen molar-refractivity contribution in [2.24, 2.45) is 11.8 Å². The average Bonchev–Trinajstić information content (AvgIpc) is 2.85. The number of hydrogen-bond donors (Lipinski definition) is 1. The van der Waals surface area contributed by atoms with E-state index in [1.54, 1.807) is 0 Å². The molecule has 1 N–H and O–H groups in total. The lowest BCUT2D eigenvalue weighted by atomic mass is 10.0. The van der Waals surface area contributed by atoms with Crippen molar-refractivity contribution in [1.29, 1.82) is 0 Å². The van der Waals surface area contributed by atoms with Gasteiger partial charge in [0.05, 0.1) is 26.1 Å². The molecule has 0 spiro atoms. The largest absolute Gasteiger partial charge is 0.481 e. The Kier molecular flexibility index (Phi) is 24.5. The number of carboxylic acid groups (broad SMARTS) is 1. The third-order valence-corrected chi connectivity index (χ3v) is 6.76. The van der Waals surface area contributed by atoms with Gasteiger partial charge in [-0.3, -0.25) is 14.4 Å². The number of rotatable bonds is 27. The van der Waals surface area contributed by atoms with Crippen LogP contribution >= 0.6 is 0 Å². The number of aliphatic carboxylic acids is 1. The second-order valence-electron chi connectivity index (χ2n) is 11.5. The second kappa shape index (κ2) is 25.6. The van der Waals surface area contributed by atoms with E-state index in [1.807, 2.05) is 4.90 Å². The summed E-state index contributed by atoms with van der Waals surface area (Å²) in [5, 5.41) is 8.86. The summed E-state index contributed by atoms with van der Waals surface area (Å²) in [5.41, 5.74) is 0. The number of esters is 2. The molecule has 0 aromatic carbocycles. The van der Waals surface area contributed by atoms with Gasteiger partial charge < -0.3 is 19.5 Å². The van der Waals surface area contributed by atoms with Crippen LogP contribution in [-0.4, -0.2) is 60.8 Å². The minimum absolute atomic E-state index is 0.132. The van der Waals surface area contributed by atoms with Crippen LogP contribution in [-0.2, 0) is 23.9 Å². The molecular weight excluding hydrogens is 482 g/mol. The first-order valence-corrected chi connectivity index (χ1v) is 15.5. The maximum atomic E-state index is 12.2. The molecule has 0 heterocycles. The zero-order valence-electron chi connectivity index (χ0n) is 25.1. The second-order valence-corrected chi connectivity index (χ2v) is 11.5. The van der Waals surface area contributed by atoms with Gasteiger partial charge in [0.15, 0.2) is 0 Å². The first kappa shape index (κ1) is 36.4. The summed E-state index contributed by atoms with van der Waals surface area (Å²) in [6.07, 6.45) is 15.9. The molecule has 0 aliphatic carbocycles. The standard InChI is InChI=1S/C31H59NO6/c1-27(2)17-11-7-5-9-15-25-37-30(35)20-23-32(22-14-13-19-29(33)34)24-21-31(36)38-26-16-10-6-8-12-18-28(3)4/h27-28H,5-26H2,1-4H3,(H,33,34). The molecule has 0 amide bonds. The van der Waals surface area contributed by atoms with Crippen molar-refractivity contribution in [3.8, 4) is 0 Å². The number of nitrogens with zero attached hydrogens (tertiary/aromatic N) is 1. The van der Waals surface area contributed by atoms with Crippen molar-refractivity contribution in [2.75, 3.05) is 32.8 Å². The highest BCUT2D eigenvalue weighted by Gasteiger charge is 2.13. The fourth-order valence-electron chi connectivity index (χ4n) is 4.33. The zero-order valence-corrected chi connectivity index (χ0v) is 25.1. The van der Waals surface area contributed by atoms with E-state index in [0.717, 1.165) is 37.5 Å². The molecule has 0 unspecified atom stereocenters. The van der Waals surface area contributed by atoms with E-state index >= 15 is 0 Å². The van der Waals surface area contributed by atoms with Gasteiger partial charge in [-0.15, -0.1) is 0 Å². The highest BCUT2D eigenvalue weighted by molar-refractivity contribution is 5.70. The molecule has 0 saturated carbocycles. The summed E-state index contributed by atoms with van der Waals surface area (Å²) in [5.74, 6) is 0.297. The van der Waals surface area contributed by atoms with Crippen LogP contribution in [0.5, 0.6) is 0 Å². The maximum Gasteiger partial charge on any atom is 0.307 e. The Hall–Kier alpha value is -1.63. The van der Waals surface area contributed by atoms with Crippen LogP contribution in [0.15, 0.2) is 0 Å². The number of carbonyl (C=O) groups excluding carboxylic acids is 2. The number of unbranched alkanes of at least 4 members (excludes halogenated alkanes) is 9. The van der Waals surface area contributed by atoms with E-state index < -0.39 is 5.97 Å². The van der Waals surface area contributed by atoms with E-state index in [1.165, 1.54) is 51.4 Å². The molecule has 0 aliphatic rings. The Labute approximate surface area is 233 Å². The molecule has 0 aromatic heterocycles. The molecule has 224 valence electrons. The molecule has 0 bridgehead atoms. The normalized spacial score (nSPS) is 11.4. The van der Waals surface area contributed by atoms with Gasteiger partial charge in [-0.25, -0.2) is 0 Å². The Morgan fingerprint density at radius 2 is 0.974 bits per heavy atom. The average molecular weight is 542 g/mol. The molecule has 0 radical (unpaired) electrons. The topological polar surface area (TPSA) is 93.1 Å². The fourth-order valence-corrected chi connectivity index (χ4v) is 4.33. The van der Waals surface area contributed by atoms with E-state index in [9.17, 15) is 14.4 Å². The minimum Gasteiger partial charge on any atom is -0.481 e. The Bertz CT molecular complexity index is 553. The van der Waals surface area contributed by atoms with Gasteiger partial charge in [0.1, 0.15) is 0 Å². The van der Waals surface area contributed by atoms with Crippen LogP contribution in [0.25, 0.3) is 0 Å². The first-order valence-electron chi connectivity index (χ1n) is 15.5. The molecule has 0 aromatic rings. The summed E-state index contributed by atoms with van der Waals surface area (Å²) in [6.45, 7) is 11.6. The smallest absolute Gasteiger partial charge is 0.307 e. The van der Waals surface area contributed by atoms with Crippen LogP contribution in [0.4, 0.5) is 0 Å². The maximum absolute atomic E-state index is 12.2. The highest BCUT2D eigenvalue weighted by atomic mass is 16.5. The number of carbonyl (C=O) groups is 3. The Balaban J connectivity index is 4.10. The monoisotopic (exact) mass is 541 g/mol. The van der Waals surface area contributed by atoms with Gasteiger partial charge >= 0.3 is 17.9 Å². The van der Waals surface area contributed by atoms with Crippen molar-refractivity contribution in [3.63, 3.8) is 0 Å². The number of hydrogen-bond acceptors (Lipinski definition) is 6. The van der Waals surface area contributed by atoms with Gasteiger partial charge in [0, 0.05) is 19.5 Å². The predicted octanol–water partition coefficient (Wildman–Crippen LogP) is 7.40. The van der Waals surface area contributed by atoms with E-state index in [4.69, 9.17) is 14.6 Å². The van der Waals surface area contributed by atoms with E-state index in [0.29, 0.717) is 45.7 Å². The predicted molar refractivity (Wildman–Crippen MR) is 154 cm³/mol. The van der Waals surface area contributed by atoms with Gasteiger partial charge in [-0.05, 0) is 44.1 Å². The summed E-state index contributed by atoms with van der Waals surface area (Å²) >= 11 is 0. The summed E-state index contributed by atoms with van der Waals surface area (Å²) in [6, 6.07) is 0. The van der Waals surface area contributed by atoms with Crippen LogP contribution < -0.4 is 0 Å².